The predicted molar refractivity (Wildman–Crippen MR) is 83.5 cm³/mol. The van der Waals surface area contributed by atoms with Crippen LogP contribution in [0, 0.1) is 0 Å². The Morgan fingerprint density at radius 3 is 2.67 bits per heavy atom. The van der Waals surface area contributed by atoms with Gasteiger partial charge < -0.3 is 15.3 Å². The van der Waals surface area contributed by atoms with Crippen LogP contribution in [0.2, 0.25) is 0 Å². The number of rotatable bonds is 8. The first-order chi connectivity index (χ1) is 10.0. The Hall–Kier alpha value is -1.76. The highest BCUT2D eigenvalue weighted by Gasteiger charge is 2.21. The number of hydrogen-bond acceptors (Lipinski definition) is 4. The number of carbonyl (C=O) groups excluding carboxylic acids is 1. The maximum Gasteiger partial charge on any atom is 0.326 e. The van der Waals surface area contributed by atoms with Crippen molar-refractivity contribution < 1.29 is 14.7 Å². The molecule has 6 nitrogen and oxygen atoms in total. The van der Waals surface area contributed by atoms with Crippen molar-refractivity contribution in [2.24, 2.45) is 0 Å². The zero-order valence-electron chi connectivity index (χ0n) is 12.3. The number of aliphatic carboxylic acids is 1. The molecule has 1 aromatic rings. The third-order valence-electron chi connectivity index (χ3n) is 3.04. The standard InChI is InChI=1S/C14H21N3O3S/c1-17(9-5-11-3-7-15-8-4-11)14(20)16-12(13(18)19)6-10-21-2/h3-4,7-8,12H,5-6,9-10H2,1-2H3,(H,16,20)(H,18,19). The van der Waals surface area contributed by atoms with Crippen molar-refractivity contribution in [3.05, 3.63) is 30.1 Å². The smallest absolute Gasteiger partial charge is 0.326 e. The zero-order chi connectivity index (χ0) is 15.7. The van der Waals surface area contributed by atoms with Crippen LogP contribution in [-0.2, 0) is 11.2 Å². The number of nitrogens with zero attached hydrogens (tertiary/aromatic N) is 2. The second-order valence-corrected chi connectivity index (χ2v) is 5.63. The molecule has 1 atom stereocenters. The average molecular weight is 311 g/mol. The summed E-state index contributed by atoms with van der Waals surface area (Å²) in [6.07, 6.45) is 6.44. The monoisotopic (exact) mass is 311 g/mol. The van der Waals surface area contributed by atoms with E-state index in [1.807, 2.05) is 18.4 Å². The lowest BCUT2D eigenvalue weighted by Crippen LogP contribution is -2.47. The minimum atomic E-state index is -1.00. The van der Waals surface area contributed by atoms with Crippen LogP contribution in [0.4, 0.5) is 4.79 Å². The second kappa shape index (κ2) is 9.23. The summed E-state index contributed by atoms with van der Waals surface area (Å²) in [5.74, 6) is -0.308. The molecule has 1 rings (SSSR count). The van der Waals surface area contributed by atoms with Gasteiger partial charge in [-0.15, -0.1) is 0 Å². The van der Waals surface area contributed by atoms with Crippen LogP contribution < -0.4 is 5.32 Å². The van der Waals surface area contributed by atoms with E-state index in [0.717, 1.165) is 5.56 Å². The molecule has 1 heterocycles. The number of hydrogen-bond donors (Lipinski definition) is 2. The molecule has 1 unspecified atom stereocenters. The van der Waals surface area contributed by atoms with E-state index in [0.29, 0.717) is 25.1 Å². The summed E-state index contributed by atoms with van der Waals surface area (Å²) < 4.78 is 0. The summed E-state index contributed by atoms with van der Waals surface area (Å²) in [5, 5.41) is 11.6. The van der Waals surface area contributed by atoms with Crippen LogP contribution in [0.3, 0.4) is 0 Å². The maximum atomic E-state index is 12.0. The van der Waals surface area contributed by atoms with Crippen LogP contribution >= 0.6 is 11.8 Å². The number of amides is 2. The Balaban J connectivity index is 2.43. The molecule has 7 heteroatoms. The molecule has 116 valence electrons. The van der Waals surface area contributed by atoms with E-state index < -0.39 is 12.0 Å². The summed E-state index contributed by atoms with van der Waals surface area (Å²) >= 11 is 1.56. The van der Waals surface area contributed by atoms with Crippen molar-refractivity contribution in [3.63, 3.8) is 0 Å². The summed E-state index contributed by atoms with van der Waals surface area (Å²) in [4.78, 5) is 28.5. The molecule has 0 saturated heterocycles. The highest BCUT2D eigenvalue weighted by Crippen LogP contribution is 2.03. The van der Waals surface area contributed by atoms with Gasteiger partial charge in [0.15, 0.2) is 0 Å². The molecule has 0 aliphatic heterocycles. The maximum absolute atomic E-state index is 12.0. The highest BCUT2D eigenvalue weighted by molar-refractivity contribution is 7.98. The number of thioether (sulfide) groups is 1. The van der Waals surface area contributed by atoms with Crippen LogP contribution in [0.1, 0.15) is 12.0 Å². The van der Waals surface area contributed by atoms with Gasteiger partial charge in [-0.2, -0.15) is 11.8 Å². The molecule has 21 heavy (non-hydrogen) atoms. The topological polar surface area (TPSA) is 82.5 Å². The Kier molecular flexibility index (Phi) is 7.60. The van der Waals surface area contributed by atoms with Gasteiger partial charge >= 0.3 is 12.0 Å². The normalized spacial score (nSPS) is 11.7. The summed E-state index contributed by atoms with van der Waals surface area (Å²) in [7, 11) is 1.66. The average Bonchev–Trinajstić information content (AvgIpc) is 2.49. The molecule has 0 spiro atoms. The molecule has 0 aliphatic carbocycles. The molecule has 0 fully saturated rings. The largest absolute Gasteiger partial charge is 0.480 e. The van der Waals surface area contributed by atoms with Gasteiger partial charge in [0.1, 0.15) is 6.04 Å². The number of carbonyl (C=O) groups is 2. The highest BCUT2D eigenvalue weighted by atomic mass is 32.2. The Bertz CT molecular complexity index is 456. The second-order valence-electron chi connectivity index (χ2n) is 4.65. The Morgan fingerprint density at radius 1 is 1.43 bits per heavy atom. The van der Waals surface area contributed by atoms with Gasteiger partial charge in [0.2, 0.25) is 0 Å². The number of pyridine rings is 1. The van der Waals surface area contributed by atoms with Crippen LogP contribution in [0.15, 0.2) is 24.5 Å². The van der Waals surface area contributed by atoms with E-state index in [-0.39, 0.29) is 6.03 Å². The number of carboxylic acid groups (broad SMARTS) is 1. The molecule has 0 aromatic carbocycles. The predicted octanol–water partition coefficient (Wildman–Crippen LogP) is 1.47. The summed E-state index contributed by atoms with van der Waals surface area (Å²) in [6, 6.07) is 2.58. The molecule has 0 bridgehead atoms. The van der Waals surface area contributed by atoms with Crippen molar-refractivity contribution in [1.29, 1.82) is 0 Å². The molecule has 0 aliphatic rings. The number of carboxylic acids is 1. The van der Waals surface area contributed by atoms with Crippen LogP contribution in [-0.4, -0.2) is 58.6 Å². The minimum absolute atomic E-state index is 0.363. The molecule has 0 saturated carbocycles. The minimum Gasteiger partial charge on any atom is -0.480 e. The fraction of sp³-hybridized carbons (Fsp3) is 0.500. The molecule has 2 amide bonds. The zero-order valence-corrected chi connectivity index (χ0v) is 13.1. The number of urea groups is 1. The van der Waals surface area contributed by atoms with Gasteiger partial charge in [0, 0.05) is 26.0 Å². The third-order valence-corrected chi connectivity index (χ3v) is 3.68. The lowest BCUT2D eigenvalue weighted by Gasteiger charge is -2.21. The van der Waals surface area contributed by atoms with Crippen molar-refractivity contribution in [3.8, 4) is 0 Å². The lowest BCUT2D eigenvalue weighted by atomic mass is 10.2. The molecule has 0 radical (unpaired) electrons. The van der Waals surface area contributed by atoms with Gasteiger partial charge in [-0.05, 0) is 42.5 Å². The first-order valence-corrected chi connectivity index (χ1v) is 8.06. The van der Waals surface area contributed by atoms with Crippen molar-refractivity contribution in [2.45, 2.75) is 18.9 Å². The van der Waals surface area contributed by atoms with Gasteiger partial charge in [-0.1, -0.05) is 0 Å². The van der Waals surface area contributed by atoms with Gasteiger partial charge in [-0.3, -0.25) is 4.98 Å². The van der Waals surface area contributed by atoms with Crippen molar-refractivity contribution in [2.75, 3.05) is 25.6 Å². The quantitative estimate of drug-likeness (QED) is 0.760. The van der Waals surface area contributed by atoms with Crippen molar-refractivity contribution >= 4 is 23.8 Å². The molecule has 2 N–H and O–H groups in total. The van der Waals surface area contributed by atoms with E-state index in [9.17, 15) is 9.59 Å². The van der Waals surface area contributed by atoms with E-state index in [2.05, 4.69) is 10.3 Å². The SMILES string of the molecule is CSCCC(NC(=O)N(C)CCc1ccncc1)C(=O)O. The van der Waals surface area contributed by atoms with Crippen LogP contribution in [0.5, 0.6) is 0 Å². The lowest BCUT2D eigenvalue weighted by molar-refractivity contribution is -0.139. The van der Waals surface area contributed by atoms with E-state index in [1.165, 1.54) is 4.90 Å². The number of nitrogens with one attached hydrogen (secondary N) is 1. The fourth-order valence-electron chi connectivity index (χ4n) is 1.70. The van der Waals surface area contributed by atoms with Gasteiger partial charge in [0.05, 0.1) is 0 Å². The van der Waals surface area contributed by atoms with Gasteiger partial charge in [-0.25, -0.2) is 9.59 Å². The van der Waals surface area contributed by atoms with E-state index in [4.69, 9.17) is 5.11 Å². The number of likely N-dealkylation sites (N-methyl/N-ethyl adjacent to an activating group) is 1. The first-order valence-electron chi connectivity index (χ1n) is 6.67. The van der Waals surface area contributed by atoms with E-state index >= 15 is 0 Å². The Labute approximate surface area is 128 Å². The fourth-order valence-corrected chi connectivity index (χ4v) is 2.17. The van der Waals surface area contributed by atoms with Crippen LogP contribution in [0.25, 0.3) is 0 Å². The van der Waals surface area contributed by atoms with Gasteiger partial charge in [0.25, 0.3) is 0 Å². The number of aromatic nitrogens is 1. The summed E-state index contributed by atoms with van der Waals surface area (Å²) in [5.41, 5.74) is 1.09. The molecular weight excluding hydrogens is 290 g/mol. The Morgan fingerprint density at radius 2 is 2.10 bits per heavy atom. The molecule has 1 aromatic heterocycles. The first kappa shape index (κ1) is 17.3. The van der Waals surface area contributed by atoms with E-state index in [1.54, 1.807) is 31.2 Å². The van der Waals surface area contributed by atoms with Crippen molar-refractivity contribution in [1.82, 2.24) is 15.2 Å². The third kappa shape index (κ3) is 6.48. The summed E-state index contributed by atoms with van der Waals surface area (Å²) in [6.45, 7) is 0.519. The molecular formula is C14H21N3O3S.